The molecule has 35 heavy (non-hydrogen) atoms. The molecule has 2 heterocycles. The molecule has 13 nitrogen and oxygen atoms in total. The van der Waals surface area contributed by atoms with Crippen molar-refractivity contribution in [1.29, 1.82) is 0 Å². The number of esters is 2. The molecule has 184 valence electrons. The molecular formula is C22H21N3O10. The molecule has 0 spiro atoms. The van der Waals surface area contributed by atoms with Gasteiger partial charge < -0.3 is 23.9 Å². The first-order valence-electron chi connectivity index (χ1n) is 10.2. The van der Waals surface area contributed by atoms with Gasteiger partial charge in [0, 0.05) is 17.7 Å². The van der Waals surface area contributed by atoms with E-state index >= 15 is 0 Å². The van der Waals surface area contributed by atoms with Crippen molar-refractivity contribution in [3.05, 3.63) is 63.2 Å². The van der Waals surface area contributed by atoms with Crippen molar-refractivity contribution in [2.75, 3.05) is 13.7 Å². The molecule has 3 amide bonds. The quantitative estimate of drug-likeness (QED) is 0.182. The Labute approximate surface area is 198 Å². The predicted octanol–water partition coefficient (Wildman–Crippen LogP) is 2.40. The van der Waals surface area contributed by atoms with Crippen LogP contribution in [0.2, 0.25) is 0 Å². The zero-order valence-electron chi connectivity index (χ0n) is 18.9. The lowest BCUT2D eigenvalue weighted by Gasteiger charge is -2.11. The number of imide groups is 1. The fourth-order valence-corrected chi connectivity index (χ4v) is 3.03. The predicted molar refractivity (Wildman–Crippen MR) is 117 cm³/mol. The number of nitro benzene ring substituents is 1. The maximum Gasteiger partial charge on any atom is 0.373 e. The van der Waals surface area contributed by atoms with Crippen LogP contribution in [0.5, 0.6) is 5.75 Å². The molecule has 1 aromatic heterocycles. The Morgan fingerprint density at radius 1 is 1.23 bits per heavy atom. The first-order valence-corrected chi connectivity index (χ1v) is 10.2. The molecule has 0 unspecified atom stereocenters. The Morgan fingerprint density at radius 2 is 1.97 bits per heavy atom. The average molecular weight is 487 g/mol. The van der Waals surface area contributed by atoms with Crippen molar-refractivity contribution in [1.82, 2.24) is 10.2 Å². The van der Waals surface area contributed by atoms with E-state index in [9.17, 15) is 29.3 Å². The smallest absolute Gasteiger partial charge is 0.373 e. The molecule has 0 aliphatic carbocycles. The van der Waals surface area contributed by atoms with Crippen molar-refractivity contribution in [2.24, 2.45) is 0 Å². The Bertz CT molecular complexity index is 1210. The second kappa shape index (κ2) is 10.5. The molecule has 0 bridgehead atoms. The molecule has 0 saturated carbocycles. The molecule has 1 aromatic carbocycles. The lowest BCUT2D eigenvalue weighted by molar-refractivity contribution is -0.384. The van der Waals surface area contributed by atoms with Crippen LogP contribution in [0.3, 0.4) is 0 Å². The van der Waals surface area contributed by atoms with Crippen LogP contribution in [-0.4, -0.2) is 53.5 Å². The summed E-state index contributed by atoms with van der Waals surface area (Å²) in [5, 5.41) is 13.6. The lowest BCUT2D eigenvalue weighted by atomic mass is 10.1. The van der Waals surface area contributed by atoms with Gasteiger partial charge >= 0.3 is 18.0 Å². The number of carbonyl (C=O) groups is 4. The molecule has 1 aliphatic rings. The van der Waals surface area contributed by atoms with Crippen molar-refractivity contribution >= 4 is 35.6 Å². The SMILES string of the molecule is COC(=O)c1ccc(CN2C(=O)NC(=Cc3cc([N+](=O)[O-])ccc3OCC(=O)OC(C)C)C2=O)o1. The van der Waals surface area contributed by atoms with Gasteiger partial charge in [0.1, 0.15) is 17.2 Å². The van der Waals surface area contributed by atoms with E-state index in [1.807, 2.05) is 0 Å². The van der Waals surface area contributed by atoms with E-state index in [0.717, 1.165) is 11.0 Å². The van der Waals surface area contributed by atoms with Gasteiger partial charge in [-0.15, -0.1) is 0 Å². The zero-order valence-corrected chi connectivity index (χ0v) is 18.9. The number of nitrogens with zero attached hydrogens (tertiary/aromatic N) is 2. The number of non-ortho nitro benzene ring substituents is 1. The van der Waals surface area contributed by atoms with Gasteiger partial charge in [-0.05, 0) is 38.1 Å². The minimum atomic E-state index is -0.773. The molecule has 2 aromatic rings. The summed E-state index contributed by atoms with van der Waals surface area (Å²) in [5.74, 6) is -2.01. The second-order valence-corrected chi connectivity index (χ2v) is 7.44. The number of methoxy groups -OCH3 is 1. The van der Waals surface area contributed by atoms with Crippen molar-refractivity contribution in [3.63, 3.8) is 0 Å². The zero-order chi connectivity index (χ0) is 25.7. The van der Waals surface area contributed by atoms with E-state index in [2.05, 4.69) is 10.1 Å². The average Bonchev–Trinajstić information content (AvgIpc) is 3.37. The van der Waals surface area contributed by atoms with Crippen LogP contribution in [0, 0.1) is 10.1 Å². The molecule has 1 saturated heterocycles. The summed E-state index contributed by atoms with van der Waals surface area (Å²) in [6.07, 6.45) is 0.831. The molecular weight excluding hydrogens is 466 g/mol. The molecule has 13 heteroatoms. The van der Waals surface area contributed by atoms with Crippen LogP contribution in [0.15, 0.2) is 40.4 Å². The number of nitro groups is 1. The van der Waals surface area contributed by atoms with Crippen molar-refractivity contribution in [2.45, 2.75) is 26.5 Å². The van der Waals surface area contributed by atoms with Gasteiger partial charge in [-0.1, -0.05) is 0 Å². The van der Waals surface area contributed by atoms with Crippen LogP contribution in [0.25, 0.3) is 6.08 Å². The van der Waals surface area contributed by atoms with Crippen LogP contribution in [-0.2, 0) is 25.6 Å². The molecule has 0 atom stereocenters. The fraction of sp³-hybridized carbons (Fsp3) is 0.273. The van der Waals surface area contributed by atoms with E-state index < -0.39 is 35.4 Å². The number of urea groups is 1. The van der Waals surface area contributed by atoms with Crippen LogP contribution in [0.4, 0.5) is 10.5 Å². The Morgan fingerprint density at radius 3 is 2.63 bits per heavy atom. The number of ether oxygens (including phenoxy) is 3. The number of furan rings is 1. The molecule has 3 rings (SSSR count). The number of nitrogens with one attached hydrogen (secondary N) is 1. The highest BCUT2D eigenvalue weighted by Crippen LogP contribution is 2.28. The summed E-state index contributed by atoms with van der Waals surface area (Å²) in [5.41, 5.74) is -0.411. The summed E-state index contributed by atoms with van der Waals surface area (Å²) >= 11 is 0. The standard InChI is InChI=1S/C22H21N3O10/c1-12(2)34-19(26)11-33-17-6-4-14(25(30)31)8-13(17)9-16-20(27)24(22(29)23-16)10-15-5-7-18(35-15)21(28)32-3/h4-9,12H,10-11H2,1-3H3,(H,23,29). The summed E-state index contributed by atoms with van der Waals surface area (Å²) in [6, 6.07) is 5.55. The van der Waals surface area contributed by atoms with Crippen molar-refractivity contribution in [3.8, 4) is 5.75 Å². The van der Waals surface area contributed by atoms with Gasteiger partial charge in [0.25, 0.3) is 11.6 Å². The van der Waals surface area contributed by atoms with E-state index in [1.54, 1.807) is 13.8 Å². The minimum absolute atomic E-state index is 0.0538. The third kappa shape index (κ3) is 6.01. The minimum Gasteiger partial charge on any atom is -0.481 e. The van der Waals surface area contributed by atoms with Gasteiger partial charge in [-0.3, -0.25) is 19.8 Å². The Hall–Kier alpha value is -4.68. The van der Waals surface area contributed by atoms with Crippen LogP contribution < -0.4 is 10.1 Å². The first kappa shape index (κ1) is 25.0. The van der Waals surface area contributed by atoms with Gasteiger partial charge in [0.15, 0.2) is 6.61 Å². The Kier molecular flexibility index (Phi) is 7.49. The summed E-state index contributed by atoms with van der Waals surface area (Å²) < 4.78 is 20.2. The Balaban J connectivity index is 1.83. The van der Waals surface area contributed by atoms with Crippen LogP contribution in [0.1, 0.15) is 35.7 Å². The number of hydrogen-bond acceptors (Lipinski definition) is 10. The first-order chi connectivity index (χ1) is 16.6. The molecule has 1 fully saturated rings. The number of amides is 3. The monoisotopic (exact) mass is 487 g/mol. The highest BCUT2D eigenvalue weighted by atomic mass is 16.6. The van der Waals surface area contributed by atoms with E-state index in [0.29, 0.717) is 0 Å². The van der Waals surface area contributed by atoms with E-state index in [-0.39, 0.29) is 46.9 Å². The van der Waals surface area contributed by atoms with Crippen LogP contribution >= 0.6 is 0 Å². The maximum atomic E-state index is 12.8. The summed E-state index contributed by atoms with van der Waals surface area (Å²) in [6.45, 7) is 2.58. The summed E-state index contributed by atoms with van der Waals surface area (Å²) in [7, 11) is 1.18. The largest absolute Gasteiger partial charge is 0.481 e. The number of rotatable bonds is 9. The fourth-order valence-electron chi connectivity index (χ4n) is 3.03. The third-order valence-electron chi connectivity index (χ3n) is 4.54. The highest BCUT2D eigenvalue weighted by molar-refractivity contribution is 6.14. The molecule has 1 aliphatic heterocycles. The van der Waals surface area contributed by atoms with Crippen molar-refractivity contribution < 1.29 is 42.7 Å². The summed E-state index contributed by atoms with van der Waals surface area (Å²) in [4.78, 5) is 59.9. The van der Waals surface area contributed by atoms with E-state index in [1.165, 1.54) is 37.5 Å². The van der Waals surface area contributed by atoms with Gasteiger partial charge in [0.2, 0.25) is 5.76 Å². The second-order valence-electron chi connectivity index (χ2n) is 7.44. The lowest BCUT2D eigenvalue weighted by Crippen LogP contribution is -2.30. The molecule has 1 N–H and O–H groups in total. The van der Waals surface area contributed by atoms with Gasteiger partial charge in [-0.25, -0.2) is 14.4 Å². The molecule has 0 radical (unpaired) electrons. The van der Waals surface area contributed by atoms with Gasteiger partial charge in [0.05, 0.1) is 24.7 Å². The third-order valence-corrected chi connectivity index (χ3v) is 4.54. The number of carbonyl (C=O) groups excluding carboxylic acids is 4. The normalized spacial score (nSPS) is 14.3. The highest BCUT2D eigenvalue weighted by Gasteiger charge is 2.34. The topological polar surface area (TPSA) is 168 Å². The van der Waals surface area contributed by atoms with Gasteiger partial charge in [-0.2, -0.15) is 0 Å². The van der Waals surface area contributed by atoms with E-state index in [4.69, 9.17) is 13.9 Å². The number of hydrogen-bond donors (Lipinski definition) is 1. The maximum absolute atomic E-state index is 12.8. The number of benzene rings is 1.